The lowest BCUT2D eigenvalue weighted by molar-refractivity contribution is 0.0455. The fraction of sp³-hybridized carbons (Fsp3) is 1.00. The molecule has 2 nitrogen and oxygen atoms in total. The molecule has 0 heterocycles. The highest BCUT2D eigenvalue weighted by molar-refractivity contribution is 4.63. The third kappa shape index (κ3) is 45.0. The van der Waals surface area contributed by atoms with E-state index in [9.17, 15) is 0 Å². The number of rotatable bonds is 7. The van der Waals surface area contributed by atoms with Crippen molar-refractivity contribution in [3.8, 4) is 0 Å². The van der Waals surface area contributed by atoms with Crippen LogP contribution >= 0.6 is 0 Å². The van der Waals surface area contributed by atoms with Crippen LogP contribution in [0.1, 0.15) is 134 Å². The molecule has 176 valence electrons. The molecule has 0 spiro atoms. The van der Waals surface area contributed by atoms with Crippen molar-refractivity contribution >= 4 is 0 Å². The van der Waals surface area contributed by atoms with Crippen LogP contribution in [0.25, 0.3) is 0 Å². The van der Waals surface area contributed by atoms with Crippen molar-refractivity contribution < 1.29 is 9.47 Å². The lowest BCUT2D eigenvalue weighted by Gasteiger charge is -2.18. The molecule has 0 saturated heterocycles. The lowest BCUT2D eigenvalue weighted by Crippen LogP contribution is -2.10. The van der Waals surface area contributed by atoms with Crippen molar-refractivity contribution in [3.05, 3.63) is 0 Å². The monoisotopic (exact) mass is 404 g/mol. The molecule has 0 aromatic heterocycles. The first-order valence-corrected chi connectivity index (χ1v) is 12.5. The van der Waals surface area contributed by atoms with Gasteiger partial charge in [0.15, 0.2) is 0 Å². The number of hydrogen-bond donors (Lipinski definition) is 0. The molecule has 1 unspecified atom stereocenters. The zero-order valence-electron chi connectivity index (χ0n) is 22.0. The minimum atomic E-state index is 0.437. The summed E-state index contributed by atoms with van der Waals surface area (Å²) >= 11 is 0. The molecule has 0 N–H and O–H groups in total. The fourth-order valence-corrected chi connectivity index (χ4v) is 2.27. The van der Waals surface area contributed by atoms with Crippen molar-refractivity contribution in [1.82, 2.24) is 0 Å². The van der Waals surface area contributed by atoms with Gasteiger partial charge in [-0.05, 0) is 39.0 Å². The van der Waals surface area contributed by atoms with Crippen molar-refractivity contribution in [2.75, 3.05) is 19.8 Å². The predicted molar refractivity (Wildman–Crippen MR) is 132 cm³/mol. The molecule has 1 aliphatic rings. The highest BCUT2D eigenvalue weighted by atomic mass is 16.5. The lowest BCUT2D eigenvalue weighted by atomic mass is 9.88. The molecule has 0 aliphatic heterocycles. The smallest absolute Gasteiger partial charge is 0.0544 e. The van der Waals surface area contributed by atoms with E-state index in [1.165, 1.54) is 51.4 Å². The van der Waals surface area contributed by atoms with Gasteiger partial charge in [0.1, 0.15) is 0 Å². The Bertz CT molecular complexity index is 206. The average Bonchev–Trinajstić information content (AvgIpc) is 2.69. The minimum absolute atomic E-state index is 0.437. The summed E-state index contributed by atoms with van der Waals surface area (Å²) in [5.74, 6) is 1.75. The first kappa shape index (κ1) is 35.4. The van der Waals surface area contributed by atoms with E-state index in [-0.39, 0.29) is 0 Å². The normalized spacial score (nSPS) is 14.1. The maximum Gasteiger partial charge on any atom is 0.0544 e. The molecular weight excluding hydrogens is 344 g/mol. The SMILES string of the molecule is CCC.CCC.CCC(C)OCC(C)C.CCC1CCCCC1.CCOCC. The van der Waals surface area contributed by atoms with Gasteiger partial charge < -0.3 is 9.47 Å². The van der Waals surface area contributed by atoms with Crippen LogP contribution in [0, 0.1) is 11.8 Å². The molecule has 1 rings (SSSR count). The molecule has 0 bridgehead atoms. The summed E-state index contributed by atoms with van der Waals surface area (Å²) in [6, 6.07) is 0. The first-order chi connectivity index (χ1) is 13.3. The van der Waals surface area contributed by atoms with Crippen LogP contribution in [-0.2, 0) is 9.47 Å². The van der Waals surface area contributed by atoms with E-state index in [1.54, 1.807) is 0 Å². The summed E-state index contributed by atoms with van der Waals surface area (Å²) in [5, 5.41) is 0. The maximum absolute atomic E-state index is 5.45. The second kappa shape index (κ2) is 34.4. The second-order valence-corrected chi connectivity index (χ2v) is 8.05. The van der Waals surface area contributed by atoms with E-state index < -0.39 is 0 Å². The Kier molecular flexibility index (Phi) is 43.5. The largest absolute Gasteiger partial charge is 0.382 e. The van der Waals surface area contributed by atoms with Crippen LogP contribution in [0.5, 0.6) is 0 Å². The molecule has 1 saturated carbocycles. The van der Waals surface area contributed by atoms with Crippen molar-refractivity contribution in [1.29, 1.82) is 0 Å². The third-order valence-electron chi connectivity index (χ3n) is 4.00. The standard InChI is InChI=1S/C8H18O.C8H16.C4H10O.2C3H8/c1-5-8(4)9-6-7(2)3;1-2-8-6-4-3-5-7-8;1-3-5-4-2;2*1-3-2/h7-8H,5-6H2,1-4H3;8H,2-7H2,1H3;3-4H2,1-2H3;2*3H2,1-2H3. The van der Waals surface area contributed by atoms with Crippen molar-refractivity contribution in [2.45, 2.75) is 140 Å². The average molecular weight is 405 g/mol. The van der Waals surface area contributed by atoms with E-state index in [0.717, 1.165) is 32.2 Å². The second-order valence-electron chi connectivity index (χ2n) is 8.05. The van der Waals surface area contributed by atoms with Gasteiger partial charge in [-0.3, -0.25) is 0 Å². The molecule has 0 radical (unpaired) electrons. The van der Waals surface area contributed by atoms with Gasteiger partial charge >= 0.3 is 0 Å². The molecule has 1 aliphatic carbocycles. The summed E-state index contributed by atoms with van der Waals surface area (Å²) in [4.78, 5) is 0. The van der Waals surface area contributed by atoms with Crippen LogP contribution in [0.4, 0.5) is 0 Å². The summed E-state index contributed by atoms with van der Waals surface area (Å²) in [7, 11) is 0. The van der Waals surface area contributed by atoms with Crippen molar-refractivity contribution in [2.24, 2.45) is 11.8 Å². The summed E-state index contributed by atoms with van der Waals surface area (Å²) in [5.41, 5.74) is 0. The molecular formula is C26H60O2. The fourth-order valence-electron chi connectivity index (χ4n) is 2.27. The van der Waals surface area contributed by atoms with Crippen molar-refractivity contribution in [3.63, 3.8) is 0 Å². The summed E-state index contributed by atoms with van der Waals surface area (Å²) in [6.45, 7) is 26.0. The number of ether oxygens (including phenoxy) is 2. The molecule has 2 heteroatoms. The van der Waals surface area contributed by atoms with Gasteiger partial charge in [0.05, 0.1) is 6.10 Å². The Hall–Kier alpha value is -0.0800. The zero-order valence-corrected chi connectivity index (χ0v) is 22.0. The molecule has 0 aromatic carbocycles. The van der Waals surface area contributed by atoms with Gasteiger partial charge in [0, 0.05) is 19.8 Å². The van der Waals surface area contributed by atoms with E-state index in [4.69, 9.17) is 9.47 Å². The van der Waals surface area contributed by atoms with Crippen LogP contribution in [0.2, 0.25) is 0 Å². The van der Waals surface area contributed by atoms with E-state index in [0.29, 0.717) is 12.0 Å². The first-order valence-electron chi connectivity index (χ1n) is 12.5. The van der Waals surface area contributed by atoms with Crippen LogP contribution in [0.15, 0.2) is 0 Å². The predicted octanol–water partition coefficient (Wildman–Crippen LogP) is 9.31. The van der Waals surface area contributed by atoms with Gasteiger partial charge in [-0.15, -0.1) is 0 Å². The third-order valence-corrected chi connectivity index (χ3v) is 4.00. The van der Waals surface area contributed by atoms with Gasteiger partial charge in [0.25, 0.3) is 0 Å². The summed E-state index contributed by atoms with van der Waals surface area (Å²) < 4.78 is 10.3. The Balaban J connectivity index is -0.000000139. The summed E-state index contributed by atoms with van der Waals surface area (Å²) in [6.07, 6.45) is 13.0. The molecule has 1 fully saturated rings. The van der Waals surface area contributed by atoms with E-state index in [1.807, 2.05) is 13.8 Å². The highest BCUT2D eigenvalue weighted by Crippen LogP contribution is 2.25. The Morgan fingerprint density at radius 3 is 1.36 bits per heavy atom. The molecule has 28 heavy (non-hydrogen) atoms. The van der Waals surface area contributed by atoms with Gasteiger partial charge in [-0.25, -0.2) is 0 Å². The van der Waals surface area contributed by atoms with Gasteiger partial charge in [-0.1, -0.05) is 107 Å². The quantitative estimate of drug-likeness (QED) is 0.420. The Morgan fingerprint density at radius 2 is 1.14 bits per heavy atom. The molecule has 0 amide bonds. The van der Waals surface area contributed by atoms with Crippen LogP contribution in [-0.4, -0.2) is 25.9 Å². The van der Waals surface area contributed by atoms with E-state index >= 15 is 0 Å². The topological polar surface area (TPSA) is 18.5 Å². The van der Waals surface area contributed by atoms with Crippen LogP contribution < -0.4 is 0 Å². The number of hydrogen-bond acceptors (Lipinski definition) is 2. The Morgan fingerprint density at radius 1 is 0.714 bits per heavy atom. The van der Waals surface area contributed by atoms with Gasteiger partial charge in [0.2, 0.25) is 0 Å². The maximum atomic E-state index is 5.45. The van der Waals surface area contributed by atoms with Crippen LogP contribution in [0.3, 0.4) is 0 Å². The molecule has 1 atom stereocenters. The highest BCUT2D eigenvalue weighted by Gasteiger charge is 2.09. The Labute approximate surface area is 181 Å². The molecule has 0 aromatic rings. The van der Waals surface area contributed by atoms with Gasteiger partial charge in [-0.2, -0.15) is 0 Å². The van der Waals surface area contributed by atoms with E-state index in [2.05, 4.69) is 62.3 Å². The minimum Gasteiger partial charge on any atom is -0.382 e. The zero-order chi connectivity index (χ0) is 22.6.